The van der Waals surface area contributed by atoms with E-state index in [0.717, 1.165) is 25.7 Å². The lowest BCUT2D eigenvalue weighted by Gasteiger charge is -2.42. The van der Waals surface area contributed by atoms with Crippen LogP contribution in [0.4, 0.5) is 0 Å². The lowest BCUT2D eigenvalue weighted by Crippen LogP contribution is -2.34. The molecule has 0 bridgehead atoms. The van der Waals surface area contributed by atoms with Gasteiger partial charge < -0.3 is 5.11 Å². The van der Waals surface area contributed by atoms with Gasteiger partial charge in [0.15, 0.2) is 5.78 Å². The molecular formula is C31H40O2. The van der Waals surface area contributed by atoms with Crippen LogP contribution in [0, 0.1) is 0 Å². The van der Waals surface area contributed by atoms with Crippen molar-refractivity contribution in [3.05, 3.63) is 75.9 Å². The van der Waals surface area contributed by atoms with E-state index in [1.54, 1.807) is 0 Å². The Morgan fingerprint density at radius 1 is 0.636 bits per heavy atom. The van der Waals surface area contributed by atoms with Gasteiger partial charge in [0.05, 0.1) is 0 Å². The first-order chi connectivity index (χ1) is 15.1. The summed E-state index contributed by atoms with van der Waals surface area (Å²) >= 11 is 0. The van der Waals surface area contributed by atoms with E-state index in [9.17, 15) is 9.90 Å². The largest absolute Gasteiger partial charge is 0.507 e. The minimum absolute atomic E-state index is 0.0410. The molecule has 2 aliphatic rings. The molecule has 2 aliphatic carbocycles. The zero-order chi connectivity index (χ0) is 24.4. The molecule has 0 amide bonds. The van der Waals surface area contributed by atoms with Crippen LogP contribution in [-0.4, -0.2) is 10.9 Å². The molecule has 0 heterocycles. The van der Waals surface area contributed by atoms with Gasteiger partial charge in [0, 0.05) is 17.2 Å². The van der Waals surface area contributed by atoms with Gasteiger partial charge in [-0.2, -0.15) is 0 Å². The highest BCUT2D eigenvalue weighted by Gasteiger charge is 2.38. The van der Waals surface area contributed by atoms with Crippen LogP contribution in [0.5, 0.6) is 0 Å². The molecular weight excluding hydrogens is 404 g/mol. The highest BCUT2D eigenvalue weighted by molar-refractivity contribution is 6.08. The van der Waals surface area contributed by atoms with Gasteiger partial charge in [-0.25, -0.2) is 0 Å². The van der Waals surface area contributed by atoms with Gasteiger partial charge in [-0.3, -0.25) is 4.79 Å². The maximum atomic E-state index is 13.2. The van der Waals surface area contributed by atoms with Crippen molar-refractivity contribution in [1.82, 2.24) is 0 Å². The van der Waals surface area contributed by atoms with Gasteiger partial charge in [0.1, 0.15) is 5.76 Å². The Balaban J connectivity index is 1.69. The third-order valence-electron chi connectivity index (χ3n) is 8.55. The SMILES string of the molecule is CC1(C)CCC(C)(C)c2cc(C(=O)/C=C(\O)c3ccc4c(c3)C(C)(C)CCC4(C)C)ccc21. The quantitative estimate of drug-likeness (QED) is 0.294. The normalized spacial score (nSPS) is 22.2. The first-order valence-corrected chi connectivity index (χ1v) is 12.4. The summed E-state index contributed by atoms with van der Waals surface area (Å²) in [5.41, 5.74) is 6.93. The second-order valence-corrected chi connectivity index (χ2v) is 13.0. The van der Waals surface area contributed by atoms with Crippen LogP contribution in [-0.2, 0) is 21.7 Å². The number of rotatable bonds is 3. The molecule has 0 aliphatic heterocycles. The molecule has 2 nitrogen and oxygen atoms in total. The van der Waals surface area contributed by atoms with Crippen molar-refractivity contribution in [2.45, 2.75) is 103 Å². The molecule has 2 heteroatoms. The average molecular weight is 445 g/mol. The van der Waals surface area contributed by atoms with E-state index in [1.807, 2.05) is 12.1 Å². The van der Waals surface area contributed by atoms with E-state index in [4.69, 9.17) is 0 Å². The molecule has 33 heavy (non-hydrogen) atoms. The average Bonchev–Trinajstić information content (AvgIpc) is 2.74. The number of hydrogen-bond acceptors (Lipinski definition) is 2. The van der Waals surface area contributed by atoms with Crippen LogP contribution in [0.1, 0.15) is 119 Å². The predicted octanol–water partition coefficient (Wildman–Crippen LogP) is 8.17. The molecule has 0 fully saturated rings. The number of benzene rings is 2. The second kappa shape index (κ2) is 7.58. The summed E-state index contributed by atoms with van der Waals surface area (Å²) in [6.07, 6.45) is 5.91. The van der Waals surface area contributed by atoms with Crippen molar-refractivity contribution in [2.75, 3.05) is 0 Å². The Kier molecular flexibility index (Phi) is 5.47. The van der Waals surface area contributed by atoms with Gasteiger partial charge in [-0.05, 0) is 81.7 Å². The van der Waals surface area contributed by atoms with E-state index in [0.29, 0.717) is 11.1 Å². The van der Waals surface area contributed by atoms with Gasteiger partial charge in [0.2, 0.25) is 0 Å². The number of fused-ring (bicyclic) bond motifs is 2. The summed E-state index contributed by atoms with van der Waals surface area (Å²) in [5.74, 6) is -0.105. The summed E-state index contributed by atoms with van der Waals surface area (Å²) < 4.78 is 0. The molecule has 0 atom stereocenters. The fraction of sp³-hybridized carbons (Fsp3) is 0.516. The Labute approximate surface area is 200 Å². The Hall–Kier alpha value is -2.35. The summed E-state index contributed by atoms with van der Waals surface area (Å²) in [6, 6.07) is 12.3. The summed E-state index contributed by atoms with van der Waals surface area (Å²) in [7, 11) is 0. The van der Waals surface area contributed by atoms with E-state index < -0.39 is 0 Å². The zero-order valence-electron chi connectivity index (χ0n) is 21.7. The van der Waals surface area contributed by atoms with Gasteiger partial charge in [-0.1, -0.05) is 79.7 Å². The molecule has 0 aromatic heterocycles. The topological polar surface area (TPSA) is 37.3 Å². The third kappa shape index (κ3) is 4.18. The summed E-state index contributed by atoms with van der Waals surface area (Å²) in [6.45, 7) is 18.2. The molecule has 1 N–H and O–H groups in total. The molecule has 2 aromatic carbocycles. The fourth-order valence-electron chi connectivity index (χ4n) is 5.78. The summed E-state index contributed by atoms with van der Waals surface area (Å²) in [4.78, 5) is 13.2. The molecule has 2 aromatic rings. The first kappa shape index (κ1) is 23.8. The standard InChI is InChI=1S/C31H40O2/c1-28(2)13-15-30(5,6)24-17-20(9-11-22(24)28)26(32)19-27(33)21-10-12-23-25(18-21)31(7,8)16-14-29(23,3)4/h9-12,17-19,32H,13-16H2,1-8H3/b26-19-. The molecule has 0 unspecified atom stereocenters. The van der Waals surface area contributed by atoms with Crippen LogP contribution in [0.3, 0.4) is 0 Å². The Bertz CT molecular complexity index is 1140. The number of aliphatic hydroxyl groups is 1. The van der Waals surface area contributed by atoms with E-state index in [-0.39, 0.29) is 33.2 Å². The van der Waals surface area contributed by atoms with Crippen molar-refractivity contribution in [2.24, 2.45) is 0 Å². The molecule has 0 spiro atoms. The highest BCUT2D eigenvalue weighted by Crippen LogP contribution is 2.47. The van der Waals surface area contributed by atoms with Crippen molar-refractivity contribution in [1.29, 1.82) is 0 Å². The number of allylic oxidation sites excluding steroid dienone is 1. The number of hydrogen-bond donors (Lipinski definition) is 1. The Morgan fingerprint density at radius 3 is 1.45 bits per heavy atom. The minimum atomic E-state index is -0.146. The van der Waals surface area contributed by atoms with Gasteiger partial charge in [-0.15, -0.1) is 0 Å². The molecule has 0 saturated heterocycles. The van der Waals surface area contributed by atoms with Crippen molar-refractivity contribution in [3.8, 4) is 0 Å². The monoisotopic (exact) mass is 444 g/mol. The molecule has 4 rings (SSSR count). The smallest absolute Gasteiger partial charge is 0.189 e. The van der Waals surface area contributed by atoms with Crippen LogP contribution in [0.25, 0.3) is 5.76 Å². The van der Waals surface area contributed by atoms with Crippen LogP contribution < -0.4 is 0 Å². The van der Waals surface area contributed by atoms with Crippen LogP contribution >= 0.6 is 0 Å². The van der Waals surface area contributed by atoms with Crippen molar-refractivity contribution < 1.29 is 9.90 Å². The maximum absolute atomic E-state index is 13.2. The van der Waals surface area contributed by atoms with Crippen LogP contribution in [0.2, 0.25) is 0 Å². The predicted molar refractivity (Wildman–Crippen MR) is 138 cm³/mol. The second-order valence-electron chi connectivity index (χ2n) is 13.0. The highest BCUT2D eigenvalue weighted by atomic mass is 16.3. The number of ketones is 1. The van der Waals surface area contributed by atoms with Crippen molar-refractivity contribution in [3.63, 3.8) is 0 Å². The van der Waals surface area contributed by atoms with E-state index in [1.165, 1.54) is 28.3 Å². The Morgan fingerprint density at radius 2 is 1.00 bits per heavy atom. The van der Waals surface area contributed by atoms with E-state index >= 15 is 0 Å². The van der Waals surface area contributed by atoms with E-state index in [2.05, 4.69) is 79.7 Å². The number of aliphatic hydroxyl groups excluding tert-OH is 1. The molecule has 176 valence electrons. The number of carbonyl (C=O) groups excluding carboxylic acids is 1. The maximum Gasteiger partial charge on any atom is 0.189 e. The molecule has 0 radical (unpaired) electrons. The third-order valence-corrected chi connectivity index (χ3v) is 8.55. The van der Waals surface area contributed by atoms with Crippen LogP contribution in [0.15, 0.2) is 42.5 Å². The molecule has 0 saturated carbocycles. The van der Waals surface area contributed by atoms with Gasteiger partial charge >= 0.3 is 0 Å². The summed E-state index contributed by atoms with van der Waals surface area (Å²) in [5, 5.41) is 10.9. The lowest BCUT2D eigenvalue weighted by atomic mass is 9.63. The zero-order valence-corrected chi connectivity index (χ0v) is 21.7. The number of carbonyl (C=O) groups is 1. The fourth-order valence-corrected chi connectivity index (χ4v) is 5.78. The lowest BCUT2D eigenvalue weighted by molar-refractivity contribution is 0.104. The van der Waals surface area contributed by atoms with Gasteiger partial charge in [0.25, 0.3) is 0 Å². The van der Waals surface area contributed by atoms with Crippen molar-refractivity contribution >= 4 is 11.5 Å². The minimum Gasteiger partial charge on any atom is -0.507 e. The first-order valence-electron chi connectivity index (χ1n) is 12.4.